The second-order valence-corrected chi connectivity index (χ2v) is 3.79. The summed E-state index contributed by atoms with van der Waals surface area (Å²) in [5.41, 5.74) is 4.93. The second kappa shape index (κ2) is 7.73. The minimum atomic E-state index is -1.02. The quantitative estimate of drug-likeness (QED) is 0.736. The summed E-state index contributed by atoms with van der Waals surface area (Å²) in [6.45, 7) is 1.66. The van der Waals surface area contributed by atoms with Gasteiger partial charge in [0.2, 0.25) is 0 Å². The molecule has 0 heterocycles. The van der Waals surface area contributed by atoms with Crippen molar-refractivity contribution in [3.05, 3.63) is 23.8 Å². The van der Waals surface area contributed by atoms with Crippen LogP contribution >= 0.6 is 0 Å². The van der Waals surface area contributed by atoms with Crippen LogP contribution in [0.1, 0.15) is 17.3 Å². The van der Waals surface area contributed by atoms with Crippen LogP contribution in [0.2, 0.25) is 0 Å². The molecule has 8 nitrogen and oxygen atoms in total. The average Bonchev–Trinajstić information content (AvgIpc) is 2.44. The molecule has 0 aliphatic carbocycles. The van der Waals surface area contributed by atoms with E-state index in [0.717, 1.165) is 0 Å². The van der Waals surface area contributed by atoms with Gasteiger partial charge >= 0.3 is 12.0 Å². The van der Waals surface area contributed by atoms with Crippen molar-refractivity contribution in [3.8, 4) is 11.5 Å². The number of nitrogens with two attached hydrogens (primary N) is 1. The molecule has 0 radical (unpaired) electrons. The third-order valence-electron chi connectivity index (χ3n) is 2.30. The summed E-state index contributed by atoms with van der Waals surface area (Å²) in [5.74, 6) is -0.694. The van der Waals surface area contributed by atoms with Crippen molar-refractivity contribution in [1.29, 1.82) is 0 Å². The summed E-state index contributed by atoms with van der Waals surface area (Å²) in [6.07, 6.45) is 0. The standard InChI is InChI=1S/C13H16N2O6/c1-3-20-9-5-4-8(6-10(9)19-2)12(17)21-7-11(16)15-13(14)18/h4-6H,3,7H2,1-2H3,(H3,14,15,16,18). The number of benzene rings is 1. The molecular formula is C13H16N2O6. The van der Waals surface area contributed by atoms with E-state index in [-0.39, 0.29) is 5.56 Å². The Balaban J connectivity index is 2.70. The van der Waals surface area contributed by atoms with Crippen molar-refractivity contribution in [2.75, 3.05) is 20.3 Å². The molecule has 0 aromatic heterocycles. The number of rotatable bonds is 6. The van der Waals surface area contributed by atoms with E-state index in [4.69, 9.17) is 19.9 Å². The van der Waals surface area contributed by atoms with Crippen molar-refractivity contribution >= 4 is 17.9 Å². The lowest BCUT2D eigenvalue weighted by Crippen LogP contribution is -2.37. The molecule has 0 saturated carbocycles. The topological polar surface area (TPSA) is 117 Å². The average molecular weight is 296 g/mol. The van der Waals surface area contributed by atoms with E-state index in [2.05, 4.69) is 0 Å². The number of ether oxygens (including phenoxy) is 3. The Morgan fingerprint density at radius 3 is 2.52 bits per heavy atom. The molecule has 21 heavy (non-hydrogen) atoms. The Labute approximate surface area is 121 Å². The maximum atomic E-state index is 11.8. The van der Waals surface area contributed by atoms with Crippen LogP contribution in [0.25, 0.3) is 0 Å². The first-order chi connectivity index (χ1) is 9.97. The minimum Gasteiger partial charge on any atom is -0.493 e. The maximum Gasteiger partial charge on any atom is 0.338 e. The zero-order valence-electron chi connectivity index (χ0n) is 11.7. The molecule has 0 aliphatic heterocycles. The van der Waals surface area contributed by atoms with Gasteiger partial charge in [0.1, 0.15) is 0 Å². The number of nitrogens with one attached hydrogen (secondary N) is 1. The van der Waals surface area contributed by atoms with Crippen LogP contribution in [-0.2, 0) is 9.53 Å². The lowest BCUT2D eigenvalue weighted by Gasteiger charge is -2.10. The van der Waals surface area contributed by atoms with Gasteiger partial charge in [0.15, 0.2) is 18.1 Å². The molecule has 0 unspecified atom stereocenters. The molecule has 3 N–H and O–H groups in total. The molecular weight excluding hydrogens is 280 g/mol. The van der Waals surface area contributed by atoms with Crippen LogP contribution in [-0.4, -0.2) is 38.2 Å². The molecule has 1 aromatic carbocycles. The predicted octanol–water partition coefficient (Wildman–Crippen LogP) is 0.446. The van der Waals surface area contributed by atoms with E-state index >= 15 is 0 Å². The van der Waals surface area contributed by atoms with Crippen LogP contribution in [0.5, 0.6) is 11.5 Å². The number of primary amides is 1. The van der Waals surface area contributed by atoms with Crippen molar-refractivity contribution in [3.63, 3.8) is 0 Å². The van der Waals surface area contributed by atoms with Crippen molar-refractivity contribution in [2.24, 2.45) is 5.73 Å². The van der Waals surface area contributed by atoms with Gasteiger partial charge in [0.05, 0.1) is 19.3 Å². The fraction of sp³-hybridized carbons (Fsp3) is 0.308. The monoisotopic (exact) mass is 296 g/mol. The summed E-state index contributed by atoms with van der Waals surface area (Å²) < 4.78 is 15.1. The molecule has 0 aliphatic rings. The molecule has 1 rings (SSSR count). The zero-order chi connectivity index (χ0) is 15.8. The van der Waals surface area contributed by atoms with E-state index in [0.29, 0.717) is 18.1 Å². The van der Waals surface area contributed by atoms with Crippen LogP contribution in [0, 0.1) is 0 Å². The third-order valence-corrected chi connectivity index (χ3v) is 2.30. The number of amides is 3. The first-order valence-electron chi connectivity index (χ1n) is 6.05. The fourth-order valence-corrected chi connectivity index (χ4v) is 1.46. The summed E-state index contributed by atoms with van der Waals surface area (Å²) in [7, 11) is 1.44. The highest BCUT2D eigenvalue weighted by Crippen LogP contribution is 2.28. The fourth-order valence-electron chi connectivity index (χ4n) is 1.46. The number of hydrogen-bond acceptors (Lipinski definition) is 6. The third kappa shape index (κ3) is 5.01. The van der Waals surface area contributed by atoms with Crippen LogP contribution in [0.4, 0.5) is 4.79 Å². The summed E-state index contributed by atoms with van der Waals surface area (Å²) in [6, 6.07) is 3.45. The molecule has 0 spiro atoms. The highest BCUT2D eigenvalue weighted by atomic mass is 16.5. The first-order valence-corrected chi connectivity index (χ1v) is 6.05. The Morgan fingerprint density at radius 2 is 1.95 bits per heavy atom. The number of carbonyl (C=O) groups excluding carboxylic acids is 3. The molecule has 0 saturated heterocycles. The molecule has 3 amide bonds. The number of esters is 1. The Kier molecular flexibility index (Phi) is 5.99. The van der Waals surface area contributed by atoms with Gasteiger partial charge in [-0.25, -0.2) is 9.59 Å². The van der Waals surface area contributed by atoms with E-state index in [9.17, 15) is 14.4 Å². The van der Waals surface area contributed by atoms with Crippen LogP contribution in [0.3, 0.4) is 0 Å². The second-order valence-electron chi connectivity index (χ2n) is 3.79. The van der Waals surface area contributed by atoms with Gasteiger partial charge < -0.3 is 19.9 Å². The van der Waals surface area contributed by atoms with E-state index in [1.54, 1.807) is 11.4 Å². The lowest BCUT2D eigenvalue weighted by atomic mass is 10.2. The number of methoxy groups -OCH3 is 1. The zero-order valence-corrected chi connectivity index (χ0v) is 11.7. The summed E-state index contributed by atoms with van der Waals surface area (Å²) in [5, 5.41) is 1.78. The SMILES string of the molecule is CCOc1ccc(C(=O)OCC(=O)NC(N)=O)cc1OC. The van der Waals surface area contributed by atoms with Crippen molar-refractivity contribution < 1.29 is 28.6 Å². The maximum absolute atomic E-state index is 11.8. The normalized spacial score (nSPS) is 9.62. The van der Waals surface area contributed by atoms with Crippen molar-refractivity contribution in [1.82, 2.24) is 5.32 Å². The van der Waals surface area contributed by atoms with Gasteiger partial charge in [-0.2, -0.15) is 0 Å². The number of carbonyl (C=O) groups is 3. The Morgan fingerprint density at radius 1 is 1.24 bits per heavy atom. The molecule has 0 bridgehead atoms. The van der Waals surface area contributed by atoms with E-state index < -0.39 is 24.5 Å². The van der Waals surface area contributed by atoms with Gasteiger partial charge in [0, 0.05) is 0 Å². The van der Waals surface area contributed by atoms with Gasteiger partial charge in [0.25, 0.3) is 5.91 Å². The molecule has 0 atom stereocenters. The Hall–Kier alpha value is -2.77. The highest BCUT2D eigenvalue weighted by molar-refractivity contribution is 5.96. The summed E-state index contributed by atoms with van der Waals surface area (Å²) in [4.78, 5) is 33.3. The largest absolute Gasteiger partial charge is 0.493 e. The van der Waals surface area contributed by atoms with Gasteiger partial charge in [-0.15, -0.1) is 0 Å². The molecule has 1 aromatic rings. The molecule has 0 fully saturated rings. The van der Waals surface area contributed by atoms with Gasteiger partial charge in [-0.05, 0) is 25.1 Å². The minimum absolute atomic E-state index is 0.183. The number of imide groups is 1. The van der Waals surface area contributed by atoms with E-state index in [1.165, 1.54) is 19.2 Å². The van der Waals surface area contributed by atoms with Gasteiger partial charge in [-0.1, -0.05) is 0 Å². The number of hydrogen-bond donors (Lipinski definition) is 2. The highest BCUT2D eigenvalue weighted by Gasteiger charge is 2.14. The smallest absolute Gasteiger partial charge is 0.338 e. The van der Waals surface area contributed by atoms with Gasteiger partial charge in [-0.3, -0.25) is 10.1 Å². The van der Waals surface area contributed by atoms with Crippen LogP contribution in [0.15, 0.2) is 18.2 Å². The van der Waals surface area contributed by atoms with E-state index in [1.807, 2.05) is 6.92 Å². The first kappa shape index (κ1) is 16.3. The lowest BCUT2D eigenvalue weighted by molar-refractivity contribution is -0.123. The molecule has 114 valence electrons. The Bertz CT molecular complexity index is 543. The summed E-state index contributed by atoms with van der Waals surface area (Å²) >= 11 is 0. The molecule has 8 heteroatoms. The van der Waals surface area contributed by atoms with Crippen molar-refractivity contribution in [2.45, 2.75) is 6.92 Å². The number of urea groups is 1. The predicted molar refractivity (Wildman–Crippen MR) is 72.2 cm³/mol. The van der Waals surface area contributed by atoms with Crippen LogP contribution < -0.4 is 20.5 Å².